The molecule has 1 aromatic heterocycles. The number of rotatable bonds is 5. The van der Waals surface area contributed by atoms with Gasteiger partial charge in [-0.3, -0.25) is 4.79 Å². The lowest BCUT2D eigenvalue weighted by Gasteiger charge is -2.12. The van der Waals surface area contributed by atoms with Gasteiger partial charge in [0.15, 0.2) is 5.78 Å². The van der Waals surface area contributed by atoms with E-state index in [1.165, 1.54) is 6.33 Å². The van der Waals surface area contributed by atoms with E-state index in [-0.39, 0.29) is 12.2 Å². The lowest BCUT2D eigenvalue weighted by molar-refractivity contribution is 0.0990. The number of aromatic nitrogens is 2. The average Bonchev–Trinajstić information content (AvgIpc) is 2.63. The molecule has 1 heterocycles. The fourth-order valence-electron chi connectivity index (χ4n) is 2.49. The van der Waals surface area contributed by atoms with E-state index in [1.807, 2.05) is 43.3 Å². The van der Waals surface area contributed by atoms with Crippen LogP contribution in [0.2, 0.25) is 0 Å². The fraction of sp³-hybridized carbons (Fsp3) is 0.250. The molecule has 0 aliphatic rings. The molecule has 0 aliphatic heterocycles. The molecule has 5 nitrogen and oxygen atoms in total. The number of hydrogen-bond acceptors (Lipinski definition) is 5. The molecule has 3 aromatic rings. The van der Waals surface area contributed by atoms with E-state index < -0.39 is 0 Å². The van der Waals surface area contributed by atoms with Gasteiger partial charge < -0.3 is 9.47 Å². The van der Waals surface area contributed by atoms with Crippen molar-refractivity contribution < 1.29 is 14.3 Å². The van der Waals surface area contributed by atoms with Gasteiger partial charge in [-0.25, -0.2) is 9.97 Å². The van der Waals surface area contributed by atoms with Crippen molar-refractivity contribution in [3.05, 3.63) is 66.2 Å². The van der Waals surface area contributed by atoms with E-state index in [4.69, 9.17) is 4.74 Å². The number of carbonyl (C=O) groups excluding carboxylic acids is 1. The second kappa shape index (κ2) is 9.49. The molecule has 0 bridgehead atoms. The molecule has 0 atom stereocenters. The van der Waals surface area contributed by atoms with Crippen LogP contribution in [0, 0.1) is 0 Å². The number of benzene rings is 2. The number of carbonyl (C=O) groups is 1. The van der Waals surface area contributed by atoms with Crippen LogP contribution in [0.25, 0.3) is 10.8 Å². The highest BCUT2D eigenvalue weighted by Crippen LogP contribution is 2.29. The third-order valence-corrected chi connectivity index (χ3v) is 3.45. The number of ether oxygens (including phenoxy) is 2. The normalized spacial score (nSPS) is 10.0. The summed E-state index contributed by atoms with van der Waals surface area (Å²) in [6.45, 7) is 2.43. The molecular weight excluding hydrogens is 316 g/mol. The molecule has 5 heteroatoms. The van der Waals surface area contributed by atoms with Crippen LogP contribution in [-0.4, -0.2) is 36.6 Å². The van der Waals surface area contributed by atoms with Gasteiger partial charge in [0.05, 0.1) is 24.3 Å². The second-order valence-corrected chi connectivity index (χ2v) is 5.30. The van der Waals surface area contributed by atoms with Crippen molar-refractivity contribution in [3.8, 4) is 5.75 Å². The highest BCUT2D eigenvalue weighted by molar-refractivity contribution is 6.11. The van der Waals surface area contributed by atoms with Gasteiger partial charge in [0.2, 0.25) is 0 Å². The Labute approximate surface area is 147 Å². The van der Waals surface area contributed by atoms with Crippen molar-refractivity contribution in [2.45, 2.75) is 13.3 Å². The SMILES string of the molecule is CCOc1ccc2ccccc2c1C(=O)Cc1ccncn1.COC. The summed E-state index contributed by atoms with van der Waals surface area (Å²) in [5.74, 6) is 0.624. The molecule has 25 heavy (non-hydrogen) atoms. The van der Waals surface area contributed by atoms with Gasteiger partial charge in [0.25, 0.3) is 0 Å². The summed E-state index contributed by atoms with van der Waals surface area (Å²) in [6.07, 6.45) is 3.33. The van der Waals surface area contributed by atoms with Crippen LogP contribution in [0.1, 0.15) is 23.0 Å². The standard InChI is InChI=1S/C18H16N2O2.C2H6O/c1-2-22-17-8-7-13-5-3-4-6-15(13)18(17)16(21)11-14-9-10-19-12-20-14;1-3-2/h3-10,12H,2,11H2,1H3;1-2H3. The first-order valence-electron chi connectivity index (χ1n) is 8.04. The first-order chi connectivity index (χ1) is 12.2. The minimum absolute atomic E-state index is 0.000972. The lowest BCUT2D eigenvalue weighted by atomic mass is 9.98. The topological polar surface area (TPSA) is 61.3 Å². The number of nitrogens with zero attached hydrogens (tertiary/aromatic N) is 2. The first kappa shape index (κ1) is 18.5. The molecule has 2 aromatic carbocycles. The Bertz CT molecular complexity index is 820. The Morgan fingerprint density at radius 1 is 1.08 bits per heavy atom. The maximum absolute atomic E-state index is 12.8. The smallest absolute Gasteiger partial charge is 0.173 e. The summed E-state index contributed by atoms with van der Waals surface area (Å²) >= 11 is 0. The van der Waals surface area contributed by atoms with Crippen LogP contribution in [0.15, 0.2) is 55.0 Å². The molecule has 0 aliphatic carbocycles. The largest absolute Gasteiger partial charge is 0.493 e. The molecule has 130 valence electrons. The maximum atomic E-state index is 12.8. The van der Waals surface area contributed by atoms with Crippen LogP contribution >= 0.6 is 0 Å². The summed E-state index contributed by atoms with van der Waals surface area (Å²) in [4.78, 5) is 20.8. The van der Waals surface area contributed by atoms with Crippen molar-refractivity contribution >= 4 is 16.6 Å². The van der Waals surface area contributed by atoms with Gasteiger partial charge >= 0.3 is 0 Å². The fourth-order valence-corrected chi connectivity index (χ4v) is 2.49. The third kappa shape index (κ3) is 4.84. The molecule has 0 saturated carbocycles. The van der Waals surface area contributed by atoms with Gasteiger partial charge in [0.1, 0.15) is 12.1 Å². The Hall–Kier alpha value is -2.79. The predicted molar refractivity (Wildman–Crippen MR) is 98.1 cm³/mol. The van der Waals surface area contributed by atoms with Crippen LogP contribution in [0.5, 0.6) is 5.75 Å². The van der Waals surface area contributed by atoms with Gasteiger partial charge in [0, 0.05) is 20.4 Å². The zero-order chi connectivity index (χ0) is 18.1. The number of Topliss-reactive ketones (excluding diaryl/α,β-unsaturated/α-hetero) is 1. The number of fused-ring (bicyclic) bond motifs is 1. The molecule has 0 fully saturated rings. The minimum atomic E-state index is -0.000972. The number of hydrogen-bond donors (Lipinski definition) is 0. The maximum Gasteiger partial charge on any atom is 0.173 e. The van der Waals surface area contributed by atoms with Crippen LogP contribution in [0.4, 0.5) is 0 Å². The Balaban J connectivity index is 0.000000701. The summed E-state index contributed by atoms with van der Waals surface area (Å²) in [7, 11) is 3.25. The predicted octanol–water partition coefficient (Wildman–Crippen LogP) is 3.72. The van der Waals surface area contributed by atoms with E-state index in [0.29, 0.717) is 23.6 Å². The van der Waals surface area contributed by atoms with Crippen LogP contribution < -0.4 is 4.74 Å². The summed E-state index contributed by atoms with van der Waals surface area (Å²) in [5.41, 5.74) is 1.33. The molecule has 0 spiro atoms. The Morgan fingerprint density at radius 2 is 1.84 bits per heavy atom. The summed E-state index contributed by atoms with van der Waals surface area (Å²) in [5, 5.41) is 1.93. The van der Waals surface area contributed by atoms with Crippen molar-refractivity contribution in [2.75, 3.05) is 20.8 Å². The quantitative estimate of drug-likeness (QED) is 0.664. The third-order valence-electron chi connectivity index (χ3n) is 3.45. The van der Waals surface area contributed by atoms with Gasteiger partial charge in [-0.05, 0) is 29.8 Å². The molecule has 0 saturated heterocycles. The van der Waals surface area contributed by atoms with E-state index >= 15 is 0 Å². The van der Waals surface area contributed by atoms with E-state index in [2.05, 4.69) is 14.7 Å². The molecule has 0 unspecified atom stereocenters. The molecule has 0 N–H and O–H groups in total. The summed E-state index contributed by atoms with van der Waals surface area (Å²) in [6, 6.07) is 13.4. The number of methoxy groups -OCH3 is 1. The van der Waals surface area contributed by atoms with Crippen molar-refractivity contribution in [1.29, 1.82) is 0 Å². The summed E-state index contributed by atoms with van der Waals surface area (Å²) < 4.78 is 9.90. The van der Waals surface area contributed by atoms with Gasteiger partial charge in [-0.15, -0.1) is 0 Å². The van der Waals surface area contributed by atoms with E-state index in [0.717, 1.165) is 10.8 Å². The van der Waals surface area contributed by atoms with Crippen molar-refractivity contribution in [1.82, 2.24) is 9.97 Å². The zero-order valence-electron chi connectivity index (χ0n) is 14.7. The first-order valence-corrected chi connectivity index (χ1v) is 8.04. The monoisotopic (exact) mass is 338 g/mol. The van der Waals surface area contributed by atoms with E-state index in [1.54, 1.807) is 26.5 Å². The second-order valence-electron chi connectivity index (χ2n) is 5.30. The van der Waals surface area contributed by atoms with Gasteiger partial charge in [-0.2, -0.15) is 0 Å². The van der Waals surface area contributed by atoms with E-state index in [9.17, 15) is 4.79 Å². The van der Waals surface area contributed by atoms with Crippen LogP contribution in [0.3, 0.4) is 0 Å². The van der Waals surface area contributed by atoms with Crippen LogP contribution in [-0.2, 0) is 11.2 Å². The number of ketones is 1. The highest BCUT2D eigenvalue weighted by Gasteiger charge is 2.17. The molecule has 0 radical (unpaired) electrons. The van der Waals surface area contributed by atoms with Crippen molar-refractivity contribution in [3.63, 3.8) is 0 Å². The average molecular weight is 338 g/mol. The Kier molecular flexibility index (Phi) is 7.04. The molecule has 3 rings (SSSR count). The lowest BCUT2D eigenvalue weighted by Crippen LogP contribution is -2.09. The molecular formula is C20H22N2O3. The molecule has 0 amide bonds. The zero-order valence-corrected chi connectivity index (χ0v) is 14.7. The Morgan fingerprint density at radius 3 is 2.52 bits per heavy atom. The van der Waals surface area contributed by atoms with Crippen molar-refractivity contribution in [2.24, 2.45) is 0 Å². The minimum Gasteiger partial charge on any atom is -0.493 e. The van der Waals surface area contributed by atoms with Gasteiger partial charge in [-0.1, -0.05) is 30.3 Å². The highest BCUT2D eigenvalue weighted by atomic mass is 16.5.